The van der Waals surface area contributed by atoms with Crippen LogP contribution in [-0.2, 0) is 6.54 Å². The van der Waals surface area contributed by atoms with Gasteiger partial charge in [-0.3, -0.25) is 4.90 Å². The maximum Gasteiger partial charge on any atom is 0.169 e. The molecule has 5 nitrogen and oxygen atoms in total. The number of hydrogen-bond acceptors (Lipinski definition) is 4. The molecule has 2 saturated heterocycles. The van der Waals surface area contributed by atoms with Crippen molar-refractivity contribution in [3.8, 4) is 0 Å². The zero-order valence-electron chi connectivity index (χ0n) is 18.3. The van der Waals surface area contributed by atoms with Crippen molar-refractivity contribution in [1.29, 1.82) is 0 Å². The first-order chi connectivity index (χ1) is 13.2. The van der Waals surface area contributed by atoms with E-state index in [9.17, 15) is 0 Å². The number of thiocarbonyl (C=S) groups is 1. The van der Waals surface area contributed by atoms with Crippen LogP contribution in [0, 0.1) is 0 Å². The van der Waals surface area contributed by atoms with Crippen molar-refractivity contribution < 1.29 is 4.42 Å². The second kappa shape index (κ2) is 8.72. The third-order valence-electron chi connectivity index (χ3n) is 6.07. The summed E-state index contributed by atoms with van der Waals surface area (Å²) in [6.45, 7) is 15.4. The van der Waals surface area contributed by atoms with Crippen molar-refractivity contribution in [2.45, 2.75) is 90.0 Å². The number of rotatable bonds is 6. The fourth-order valence-electron chi connectivity index (χ4n) is 5.27. The highest BCUT2D eigenvalue weighted by Gasteiger charge is 2.38. The molecule has 2 fully saturated rings. The van der Waals surface area contributed by atoms with Gasteiger partial charge in [0.25, 0.3) is 0 Å². The Kier molecular flexibility index (Phi) is 6.72. The average molecular weight is 407 g/mol. The number of furan rings is 1. The lowest BCUT2D eigenvalue weighted by atomic mass is 9.80. The van der Waals surface area contributed by atoms with Gasteiger partial charge in [0.15, 0.2) is 5.11 Å². The van der Waals surface area contributed by atoms with E-state index in [2.05, 4.69) is 55.1 Å². The third-order valence-corrected chi connectivity index (χ3v) is 6.44. The quantitative estimate of drug-likeness (QED) is 0.702. The van der Waals surface area contributed by atoms with Gasteiger partial charge in [-0.25, -0.2) is 0 Å². The van der Waals surface area contributed by atoms with Gasteiger partial charge in [0.2, 0.25) is 0 Å². The van der Waals surface area contributed by atoms with Crippen LogP contribution in [0.4, 0.5) is 0 Å². The van der Waals surface area contributed by atoms with Gasteiger partial charge in [0, 0.05) is 29.7 Å². The SMILES string of the molecule is CCN1CCCC1CN(Cc1ccco1)C(=S)NC1CC(C)(C)NC(C)(C)C1. The van der Waals surface area contributed by atoms with E-state index in [0.29, 0.717) is 12.1 Å². The summed E-state index contributed by atoms with van der Waals surface area (Å²) >= 11 is 5.92. The topological polar surface area (TPSA) is 43.7 Å². The van der Waals surface area contributed by atoms with Crippen molar-refractivity contribution in [2.75, 3.05) is 19.6 Å². The van der Waals surface area contributed by atoms with Crippen LogP contribution in [0.2, 0.25) is 0 Å². The minimum atomic E-state index is 0.103. The molecule has 0 aromatic carbocycles. The lowest BCUT2D eigenvalue weighted by Crippen LogP contribution is -2.63. The van der Waals surface area contributed by atoms with Gasteiger partial charge < -0.3 is 20.0 Å². The lowest BCUT2D eigenvalue weighted by molar-refractivity contribution is 0.152. The molecule has 6 heteroatoms. The summed E-state index contributed by atoms with van der Waals surface area (Å²) < 4.78 is 5.64. The van der Waals surface area contributed by atoms with Crippen molar-refractivity contribution >= 4 is 17.3 Å². The molecule has 28 heavy (non-hydrogen) atoms. The van der Waals surface area contributed by atoms with Gasteiger partial charge in [-0.1, -0.05) is 6.92 Å². The van der Waals surface area contributed by atoms with Gasteiger partial charge in [0.1, 0.15) is 5.76 Å². The molecule has 0 amide bonds. The minimum absolute atomic E-state index is 0.103. The van der Waals surface area contributed by atoms with Gasteiger partial charge in [0.05, 0.1) is 12.8 Å². The monoisotopic (exact) mass is 406 g/mol. The van der Waals surface area contributed by atoms with Crippen LogP contribution in [-0.4, -0.2) is 57.7 Å². The van der Waals surface area contributed by atoms with E-state index in [0.717, 1.165) is 43.3 Å². The average Bonchev–Trinajstić information content (AvgIpc) is 3.22. The van der Waals surface area contributed by atoms with Crippen molar-refractivity contribution in [1.82, 2.24) is 20.4 Å². The molecule has 0 spiro atoms. The third kappa shape index (κ3) is 5.71. The summed E-state index contributed by atoms with van der Waals surface area (Å²) in [5, 5.41) is 8.32. The Bertz CT molecular complexity index is 627. The van der Waals surface area contributed by atoms with E-state index in [4.69, 9.17) is 16.6 Å². The zero-order valence-corrected chi connectivity index (χ0v) is 19.1. The summed E-state index contributed by atoms with van der Waals surface area (Å²) in [4.78, 5) is 4.89. The van der Waals surface area contributed by atoms with E-state index in [1.54, 1.807) is 6.26 Å². The Labute approximate surface area is 176 Å². The Morgan fingerprint density at radius 2 is 2.04 bits per heavy atom. The molecule has 2 N–H and O–H groups in total. The molecule has 1 unspecified atom stereocenters. The molecule has 0 bridgehead atoms. The fraction of sp³-hybridized carbons (Fsp3) is 0.773. The van der Waals surface area contributed by atoms with Crippen LogP contribution < -0.4 is 10.6 Å². The lowest BCUT2D eigenvalue weighted by Gasteiger charge is -2.47. The summed E-state index contributed by atoms with van der Waals surface area (Å²) in [6.07, 6.45) is 6.41. The van der Waals surface area contributed by atoms with Crippen molar-refractivity contribution in [3.05, 3.63) is 24.2 Å². The smallest absolute Gasteiger partial charge is 0.169 e. The summed E-state index contributed by atoms with van der Waals surface area (Å²) in [5.41, 5.74) is 0.205. The van der Waals surface area contributed by atoms with E-state index < -0.39 is 0 Å². The van der Waals surface area contributed by atoms with Gasteiger partial charge in [-0.2, -0.15) is 0 Å². The normalized spacial score (nSPS) is 25.0. The highest BCUT2D eigenvalue weighted by Crippen LogP contribution is 2.29. The van der Waals surface area contributed by atoms with E-state index in [-0.39, 0.29) is 11.1 Å². The molecule has 1 atom stereocenters. The molecule has 3 heterocycles. The molecule has 158 valence electrons. The molecule has 0 radical (unpaired) electrons. The summed E-state index contributed by atoms with van der Waals surface area (Å²) in [7, 11) is 0. The van der Waals surface area contributed by atoms with Gasteiger partial charge >= 0.3 is 0 Å². The molecule has 0 aliphatic carbocycles. The number of likely N-dealkylation sites (N-methyl/N-ethyl adjacent to an activating group) is 1. The first-order valence-corrected chi connectivity index (χ1v) is 11.2. The Balaban J connectivity index is 1.69. The predicted octanol–water partition coefficient (Wildman–Crippen LogP) is 3.75. The number of likely N-dealkylation sites (tertiary alicyclic amines) is 1. The summed E-state index contributed by atoms with van der Waals surface area (Å²) in [6, 6.07) is 4.94. The molecule has 1 aromatic rings. The number of nitrogens with one attached hydrogen (secondary N) is 2. The Morgan fingerprint density at radius 3 is 2.64 bits per heavy atom. The van der Waals surface area contributed by atoms with Crippen molar-refractivity contribution in [3.63, 3.8) is 0 Å². The zero-order chi connectivity index (χ0) is 20.4. The largest absolute Gasteiger partial charge is 0.467 e. The van der Waals surface area contributed by atoms with Crippen LogP contribution >= 0.6 is 12.2 Å². The number of piperidine rings is 1. The van der Waals surface area contributed by atoms with Crippen LogP contribution in [0.15, 0.2) is 22.8 Å². The molecule has 2 aliphatic heterocycles. The highest BCUT2D eigenvalue weighted by atomic mass is 32.1. The van der Waals surface area contributed by atoms with Crippen LogP contribution in [0.5, 0.6) is 0 Å². The molecule has 0 saturated carbocycles. The summed E-state index contributed by atoms with van der Waals surface area (Å²) in [5.74, 6) is 0.969. The minimum Gasteiger partial charge on any atom is -0.467 e. The second-order valence-corrected chi connectivity index (χ2v) is 10.2. The van der Waals surface area contributed by atoms with Gasteiger partial charge in [-0.15, -0.1) is 0 Å². The second-order valence-electron chi connectivity index (χ2n) is 9.83. The fourth-order valence-corrected chi connectivity index (χ4v) is 5.58. The molecule has 1 aromatic heterocycles. The molecular formula is C22H38N4OS. The van der Waals surface area contributed by atoms with E-state index >= 15 is 0 Å². The van der Waals surface area contributed by atoms with E-state index in [1.165, 1.54) is 19.4 Å². The molecular weight excluding hydrogens is 368 g/mol. The standard InChI is InChI=1S/C22H38N4OS/c1-6-25-11-7-9-18(25)15-26(16-19-10-8-12-27-19)20(28)23-17-13-21(2,3)24-22(4,5)14-17/h8,10,12,17-18,24H,6-7,9,11,13-16H2,1-5H3,(H,23,28). The first-order valence-electron chi connectivity index (χ1n) is 10.8. The molecule has 3 rings (SSSR count). The molecule has 2 aliphatic rings. The van der Waals surface area contributed by atoms with Crippen LogP contribution in [0.25, 0.3) is 0 Å². The number of nitrogens with zero attached hydrogens (tertiary/aromatic N) is 2. The highest BCUT2D eigenvalue weighted by molar-refractivity contribution is 7.80. The maximum absolute atomic E-state index is 5.92. The van der Waals surface area contributed by atoms with Crippen LogP contribution in [0.3, 0.4) is 0 Å². The Morgan fingerprint density at radius 1 is 1.32 bits per heavy atom. The predicted molar refractivity (Wildman–Crippen MR) is 119 cm³/mol. The van der Waals surface area contributed by atoms with E-state index in [1.807, 2.05) is 12.1 Å². The van der Waals surface area contributed by atoms with Crippen molar-refractivity contribution in [2.24, 2.45) is 0 Å². The first kappa shape index (κ1) is 21.6. The number of hydrogen-bond donors (Lipinski definition) is 2. The van der Waals surface area contributed by atoms with Crippen LogP contribution in [0.1, 0.15) is 66.1 Å². The maximum atomic E-state index is 5.92. The Hall–Kier alpha value is -1.11. The van der Waals surface area contributed by atoms with Gasteiger partial charge in [-0.05, 0) is 90.8 Å².